The van der Waals surface area contributed by atoms with E-state index in [0.29, 0.717) is 12.0 Å². The molecular weight excluding hydrogens is 260 g/mol. The number of thioether (sulfide) groups is 1. The summed E-state index contributed by atoms with van der Waals surface area (Å²) in [5.41, 5.74) is 1.12. The minimum absolute atomic E-state index is 0.562. The van der Waals surface area contributed by atoms with Crippen molar-refractivity contribution in [1.82, 2.24) is 10.3 Å². The molecule has 0 spiro atoms. The summed E-state index contributed by atoms with van der Waals surface area (Å²) in [5.74, 6) is 1.75. The van der Waals surface area contributed by atoms with E-state index in [9.17, 15) is 0 Å². The summed E-state index contributed by atoms with van der Waals surface area (Å²) in [4.78, 5) is 4.66. The van der Waals surface area contributed by atoms with Crippen molar-refractivity contribution >= 4 is 33.3 Å². The van der Waals surface area contributed by atoms with Gasteiger partial charge in [0.05, 0.1) is 10.2 Å². The third-order valence-electron chi connectivity index (χ3n) is 2.93. The zero-order valence-electron chi connectivity index (χ0n) is 11.1. The number of fused-ring (bicyclic) bond motifs is 1. The van der Waals surface area contributed by atoms with Gasteiger partial charge in [-0.2, -0.15) is 0 Å². The molecule has 2 rings (SSSR count). The molecule has 1 N–H and O–H groups in total. The molecule has 18 heavy (non-hydrogen) atoms. The lowest BCUT2D eigenvalue weighted by molar-refractivity contribution is 0.443. The molecule has 2 aromatic rings. The summed E-state index contributed by atoms with van der Waals surface area (Å²) < 4.78 is 2.46. The van der Waals surface area contributed by atoms with Crippen molar-refractivity contribution < 1.29 is 0 Å². The number of hydrogen-bond donors (Lipinski definition) is 1. The average Bonchev–Trinajstić information content (AvgIpc) is 2.76. The maximum atomic E-state index is 4.66. The molecule has 1 unspecified atom stereocenters. The van der Waals surface area contributed by atoms with Crippen molar-refractivity contribution in [2.75, 3.05) is 12.3 Å². The molecule has 1 aromatic heterocycles. The average molecular weight is 280 g/mol. The van der Waals surface area contributed by atoms with Crippen molar-refractivity contribution in [3.63, 3.8) is 0 Å². The van der Waals surface area contributed by atoms with E-state index >= 15 is 0 Å². The van der Waals surface area contributed by atoms with Crippen molar-refractivity contribution in [3.05, 3.63) is 24.3 Å². The lowest BCUT2D eigenvalue weighted by Gasteiger charge is -2.20. The van der Waals surface area contributed by atoms with E-state index in [4.69, 9.17) is 0 Å². The number of nitrogens with one attached hydrogen (secondary N) is 1. The second kappa shape index (κ2) is 6.55. The highest BCUT2D eigenvalue weighted by Gasteiger charge is 2.13. The van der Waals surface area contributed by atoms with Gasteiger partial charge in [0.1, 0.15) is 0 Å². The number of nitrogens with zero attached hydrogens (tertiary/aromatic N) is 1. The molecule has 0 saturated heterocycles. The Morgan fingerprint density at radius 1 is 1.33 bits per heavy atom. The molecule has 0 fully saturated rings. The normalized spacial score (nSPS) is 13.3. The van der Waals surface area contributed by atoms with Crippen LogP contribution >= 0.6 is 23.1 Å². The van der Waals surface area contributed by atoms with E-state index in [2.05, 4.69) is 49.3 Å². The van der Waals surface area contributed by atoms with Crippen molar-refractivity contribution in [2.24, 2.45) is 5.92 Å². The molecule has 0 aliphatic rings. The highest BCUT2D eigenvalue weighted by atomic mass is 32.2. The van der Waals surface area contributed by atoms with E-state index in [1.807, 2.05) is 17.8 Å². The van der Waals surface area contributed by atoms with Crippen molar-refractivity contribution in [1.29, 1.82) is 0 Å². The standard InChI is InChI=1S/C14H20N2S2/c1-4-15-12(10(2)3)9-17-14-16-11-7-5-6-8-13(11)18-14/h5-8,10,12,15H,4,9H2,1-3H3. The highest BCUT2D eigenvalue weighted by molar-refractivity contribution is 8.01. The Kier molecular flexibility index (Phi) is 5.03. The summed E-state index contributed by atoms with van der Waals surface area (Å²) in [6, 6.07) is 8.91. The van der Waals surface area contributed by atoms with E-state index < -0.39 is 0 Å². The van der Waals surface area contributed by atoms with Crippen LogP contribution in [0.5, 0.6) is 0 Å². The minimum atomic E-state index is 0.562. The van der Waals surface area contributed by atoms with Crippen LogP contribution in [0, 0.1) is 5.92 Å². The van der Waals surface area contributed by atoms with Crippen LogP contribution in [0.2, 0.25) is 0 Å². The smallest absolute Gasteiger partial charge is 0.151 e. The Hall–Kier alpha value is -0.580. The van der Waals surface area contributed by atoms with Crippen LogP contribution in [0.15, 0.2) is 28.6 Å². The Balaban J connectivity index is 2.00. The van der Waals surface area contributed by atoms with Gasteiger partial charge in [-0.25, -0.2) is 4.98 Å². The number of rotatable bonds is 6. The summed E-state index contributed by atoms with van der Waals surface area (Å²) in [6.07, 6.45) is 0. The number of benzene rings is 1. The number of thiazole rings is 1. The van der Waals surface area contributed by atoms with Gasteiger partial charge in [-0.1, -0.05) is 44.7 Å². The van der Waals surface area contributed by atoms with Crippen LogP contribution < -0.4 is 5.32 Å². The maximum absolute atomic E-state index is 4.66. The van der Waals surface area contributed by atoms with Crippen LogP contribution in [-0.4, -0.2) is 23.3 Å². The molecule has 0 aliphatic heterocycles. The molecule has 2 nitrogen and oxygen atoms in total. The zero-order chi connectivity index (χ0) is 13.0. The van der Waals surface area contributed by atoms with Crippen molar-refractivity contribution in [3.8, 4) is 0 Å². The molecule has 0 saturated carbocycles. The molecule has 1 aromatic carbocycles. The molecule has 1 atom stereocenters. The van der Waals surface area contributed by atoms with Crippen LogP contribution in [0.4, 0.5) is 0 Å². The van der Waals surface area contributed by atoms with Gasteiger partial charge < -0.3 is 5.32 Å². The van der Waals surface area contributed by atoms with Gasteiger partial charge in [-0.3, -0.25) is 0 Å². The summed E-state index contributed by atoms with van der Waals surface area (Å²) in [5, 5.41) is 3.54. The Morgan fingerprint density at radius 2 is 2.11 bits per heavy atom. The Morgan fingerprint density at radius 3 is 2.78 bits per heavy atom. The molecule has 0 amide bonds. The SMILES string of the molecule is CCNC(CSc1nc2ccccc2s1)C(C)C. The monoisotopic (exact) mass is 280 g/mol. The summed E-state index contributed by atoms with van der Waals surface area (Å²) >= 11 is 3.66. The summed E-state index contributed by atoms with van der Waals surface area (Å²) in [6.45, 7) is 7.74. The van der Waals surface area contributed by atoms with Crippen LogP contribution in [0.25, 0.3) is 10.2 Å². The first kappa shape index (κ1) is 13.8. The molecule has 1 heterocycles. The molecular formula is C14H20N2S2. The lowest BCUT2D eigenvalue weighted by atomic mass is 10.1. The fraction of sp³-hybridized carbons (Fsp3) is 0.500. The molecule has 0 radical (unpaired) electrons. The molecule has 0 aliphatic carbocycles. The topological polar surface area (TPSA) is 24.9 Å². The second-order valence-corrected chi connectivity index (χ2v) is 6.96. The summed E-state index contributed by atoms with van der Waals surface area (Å²) in [7, 11) is 0. The fourth-order valence-electron chi connectivity index (χ4n) is 1.82. The van der Waals surface area contributed by atoms with E-state index in [1.165, 1.54) is 9.04 Å². The van der Waals surface area contributed by atoms with Gasteiger partial charge in [-0.15, -0.1) is 11.3 Å². The van der Waals surface area contributed by atoms with Gasteiger partial charge in [0.15, 0.2) is 4.34 Å². The van der Waals surface area contributed by atoms with Gasteiger partial charge in [0.25, 0.3) is 0 Å². The maximum Gasteiger partial charge on any atom is 0.151 e. The predicted molar refractivity (Wildman–Crippen MR) is 82.6 cm³/mol. The number of para-hydroxylation sites is 1. The van der Waals surface area contributed by atoms with Crippen LogP contribution in [0.1, 0.15) is 20.8 Å². The molecule has 4 heteroatoms. The second-order valence-electron chi connectivity index (χ2n) is 4.67. The predicted octanol–water partition coefficient (Wildman–Crippen LogP) is 4.02. The third-order valence-corrected chi connectivity index (χ3v) is 5.23. The first-order chi connectivity index (χ1) is 8.70. The highest BCUT2D eigenvalue weighted by Crippen LogP contribution is 2.30. The lowest BCUT2D eigenvalue weighted by Crippen LogP contribution is -2.35. The van der Waals surface area contributed by atoms with E-state index in [-0.39, 0.29) is 0 Å². The fourth-order valence-corrected chi connectivity index (χ4v) is 4.22. The Bertz CT molecular complexity index is 460. The van der Waals surface area contributed by atoms with Gasteiger partial charge in [0.2, 0.25) is 0 Å². The van der Waals surface area contributed by atoms with Gasteiger partial charge in [0, 0.05) is 11.8 Å². The minimum Gasteiger partial charge on any atom is -0.313 e. The van der Waals surface area contributed by atoms with Crippen LogP contribution in [-0.2, 0) is 0 Å². The number of hydrogen-bond acceptors (Lipinski definition) is 4. The van der Waals surface area contributed by atoms with Gasteiger partial charge >= 0.3 is 0 Å². The first-order valence-electron chi connectivity index (χ1n) is 6.42. The Labute approximate surface area is 117 Å². The van der Waals surface area contributed by atoms with Crippen molar-refractivity contribution in [2.45, 2.75) is 31.2 Å². The van der Waals surface area contributed by atoms with Crippen LogP contribution in [0.3, 0.4) is 0 Å². The first-order valence-corrected chi connectivity index (χ1v) is 8.22. The zero-order valence-corrected chi connectivity index (χ0v) is 12.8. The largest absolute Gasteiger partial charge is 0.313 e. The molecule has 98 valence electrons. The van der Waals surface area contributed by atoms with E-state index in [1.54, 1.807) is 11.3 Å². The van der Waals surface area contributed by atoms with E-state index in [0.717, 1.165) is 17.8 Å². The molecule has 0 bridgehead atoms. The number of aromatic nitrogens is 1. The quantitative estimate of drug-likeness (QED) is 0.809. The third kappa shape index (κ3) is 3.46. The van der Waals surface area contributed by atoms with Gasteiger partial charge in [-0.05, 0) is 24.6 Å².